The van der Waals surface area contributed by atoms with Crippen LogP contribution in [0.25, 0.3) is 0 Å². The maximum absolute atomic E-state index is 12.9. The van der Waals surface area contributed by atoms with Crippen molar-refractivity contribution in [3.63, 3.8) is 0 Å². The summed E-state index contributed by atoms with van der Waals surface area (Å²) >= 11 is 1.79. The van der Waals surface area contributed by atoms with Crippen molar-refractivity contribution in [2.75, 3.05) is 12.3 Å². The molecule has 0 aliphatic carbocycles. The summed E-state index contributed by atoms with van der Waals surface area (Å²) in [6, 6.07) is 31.2. The van der Waals surface area contributed by atoms with Gasteiger partial charge in [-0.15, -0.1) is 11.8 Å². The Morgan fingerprint density at radius 1 is 0.925 bits per heavy atom. The molecule has 1 aliphatic rings. The first-order valence-electron chi connectivity index (χ1n) is 14.0. The summed E-state index contributed by atoms with van der Waals surface area (Å²) in [6.07, 6.45) is 1.72. The standard InChI is InChI=1S/C33H40N2O4S/c1-32(2,3)39-30(36)34-28(21-22-29-20-13-23-35(29)31(37)38)24-40-33(25-14-7-4-8-15-25,26-16-9-5-10-17-26)27-18-11-6-12-19-27/h4-12,14-19,28-29H,13,20-24H2,1-3H3,(H,34,36)(H,37,38)/t28-,29+/m1/s1. The lowest BCUT2D eigenvalue weighted by Gasteiger charge is -2.37. The quantitative estimate of drug-likeness (QED) is 0.251. The normalized spacial score (nSPS) is 16.4. The van der Waals surface area contributed by atoms with Gasteiger partial charge in [0, 0.05) is 24.4 Å². The minimum atomic E-state index is -0.871. The Morgan fingerprint density at radius 3 is 1.88 bits per heavy atom. The van der Waals surface area contributed by atoms with E-state index in [0.29, 0.717) is 25.1 Å². The number of alkyl carbamates (subject to hydrolysis) is 1. The van der Waals surface area contributed by atoms with Crippen LogP contribution >= 0.6 is 11.8 Å². The van der Waals surface area contributed by atoms with E-state index >= 15 is 0 Å². The number of ether oxygens (including phenoxy) is 1. The van der Waals surface area contributed by atoms with E-state index in [9.17, 15) is 14.7 Å². The maximum atomic E-state index is 12.9. The third-order valence-electron chi connectivity index (χ3n) is 7.23. The number of carbonyl (C=O) groups excluding carboxylic acids is 1. The number of carbonyl (C=O) groups is 2. The number of likely N-dealkylation sites (tertiary alicyclic amines) is 1. The Bertz CT molecular complexity index is 1130. The topological polar surface area (TPSA) is 78.9 Å². The van der Waals surface area contributed by atoms with Crippen molar-refractivity contribution < 1.29 is 19.4 Å². The van der Waals surface area contributed by atoms with Crippen LogP contribution in [-0.4, -0.2) is 52.2 Å². The van der Waals surface area contributed by atoms with E-state index in [4.69, 9.17) is 4.74 Å². The molecule has 7 heteroatoms. The molecule has 6 nitrogen and oxygen atoms in total. The molecule has 3 aromatic rings. The van der Waals surface area contributed by atoms with Gasteiger partial charge < -0.3 is 20.1 Å². The van der Waals surface area contributed by atoms with Crippen LogP contribution in [0.2, 0.25) is 0 Å². The van der Waals surface area contributed by atoms with Crippen molar-refractivity contribution in [3.05, 3.63) is 108 Å². The van der Waals surface area contributed by atoms with E-state index in [-0.39, 0.29) is 12.1 Å². The Balaban J connectivity index is 1.66. The van der Waals surface area contributed by atoms with Gasteiger partial charge in [0.25, 0.3) is 0 Å². The summed E-state index contributed by atoms with van der Waals surface area (Å²) in [5, 5.41) is 12.8. The number of nitrogens with zero attached hydrogens (tertiary/aromatic N) is 1. The number of benzene rings is 3. The molecular weight excluding hydrogens is 520 g/mol. The molecule has 2 amide bonds. The first-order chi connectivity index (χ1) is 19.2. The van der Waals surface area contributed by atoms with Gasteiger partial charge in [0.15, 0.2) is 0 Å². The Morgan fingerprint density at radius 2 is 1.43 bits per heavy atom. The zero-order chi connectivity index (χ0) is 28.6. The second-order valence-corrected chi connectivity index (χ2v) is 12.5. The molecule has 0 saturated carbocycles. The van der Waals surface area contributed by atoms with Crippen molar-refractivity contribution in [2.45, 2.75) is 68.9 Å². The smallest absolute Gasteiger partial charge is 0.407 e. The van der Waals surface area contributed by atoms with E-state index in [1.54, 1.807) is 16.7 Å². The molecule has 2 N–H and O–H groups in total. The fourth-order valence-electron chi connectivity index (χ4n) is 5.45. The van der Waals surface area contributed by atoms with Gasteiger partial charge in [0.2, 0.25) is 0 Å². The van der Waals surface area contributed by atoms with Crippen molar-refractivity contribution >= 4 is 23.9 Å². The predicted octanol–water partition coefficient (Wildman–Crippen LogP) is 7.53. The highest BCUT2D eigenvalue weighted by molar-refractivity contribution is 8.00. The Labute approximate surface area is 242 Å². The number of carboxylic acid groups (broad SMARTS) is 1. The lowest BCUT2D eigenvalue weighted by molar-refractivity contribution is 0.0504. The Hall–Kier alpha value is -3.45. The maximum Gasteiger partial charge on any atom is 0.407 e. The number of hydrogen-bond acceptors (Lipinski definition) is 4. The molecular formula is C33H40N2O4S. The van der Waals surface area contributed by atoms with Crippen molar-refractivity contribution in [3.8, 4) is 0 Å². The highest BCUT2D eigenvalue weighted by Gasteiger charge is 2.38. The number of nitrogens with one attached hydrogen (secondary N) is 1. The molecule has 0 radical (unpaired) electrons. The van der Waals surface area contributed by atoms with Crippen LogP contribution < -0.4 is 5.32 Å². The minimum Gasteiger partial charge on any atom is -0.465 e. The van der Waals surface area contributed by atoms with Gasteiger partial charge in [-0.05, 0) is 63.1 Å². The lowest BCUT2D eigenvalue weighted by atomic mass is 9.84. The molecule has 40 heavy (non-hydrogen) atoms. The van der Waals surface area contributed by atoms with Gasteiger partial charge in [-0.2, -0.15) is 0 Å². The van der Waals surface area contributed by atoms with Crippen molar-refractivity contribution in [1.82, 2.24) is 10.2 Å². The van der Waals surface area contributed by atoms with Gasteiger partial charge in [-0.3, -0.25) is 0 Å². The van der Waals surface area contributed by atoms with E-state index in [0.717, 1.165) is 29.5 Å². The highest BCUT2D eigenvalue weighted by Crippen LogP contribution is 2.48. The average molecular weight is 561 g/mol. The lowest BCUT2D eigenvalue weighted by Crippen LogP contribution is -2.42. The molecule has 212 valence electrons. The third kappa shape index (κ3) is 7.39. The fraction of sp³-hybridized carbons (Fsp3) is 0.394. The molecule has 0 spiro atoms. The number of thioether (sulfide) groups is 1. The number of hydrogen-bond donors (Lipinski definition) is 2. The van der Waals surface area contributed by atoms with Gasteiger partial charge in [0.05, 0.1) is 4.75 Å². The molecule has 1 fully saturated rings. The molecule has 4 rings (SSSR count). The van der Waals surface area contributed by atoms with Crippen LogP contribution in [0.15, 0.2) is 91.0 Å². The second-order valence-electron chi connectivity index (χ2n) is 11.3. The minimum absolute atomic E-state index is 0.0347. The molecule has 2 atom stereocenters. The van der Waals surface area contributed by atoms with Crippen molar-refractivity contribution in [1.29, 1.82) is 0 Å². The summed E-state index contributed by atoms with van der Waals surface area (Å²) in [7, 11) is 0. The SMILES string of the molecule is CC(C)(C)OC(=O)N[C@H](CC[C@@H]1CCCN1C(=O)O)CSC(c1ccccc1)(c1ccccc1)c1ccccc1. The third-order valence-corrected chi connectivity index (χ3v) is 8.94. The van der Waals surface area contributed by atoms with Crippen LogP contribution in [0.3, 0.4) is 0 Å². The molecule has 1 heterocycles. The molecule has 1 aliphatic heterocycles. The summed E-state index contributed by atoms with van der Waals surface area (Å²) in [6.45, 7) is 6.12. The Kier molecular flexibility index (Phi) is 9.80. The number of rotatable bonds is 10. The fourth-order valence-corrected chi connectivity index (χ4v) is 7.06. The molecule has 0 unspecified atom stereocenters. The van der Waals surface area contributed by atoms with Gasteiger partial charge in [-0.25, -0.2) is 9.59 Å². The van der Waals surface area contributed by atoms with Gasteiger partial charge >= 0.3 is 12.2 Å². The summed E-state index contributed by atoms with van der Waals surface area (Å²) in [5.41, 5.74) is 2.85. The van der Waals surface area contributed by atoms with Crippen LogP contribution in [-0.2, 0) is 9.48 Å². The van der Waals surface area contributed by atoms with E-state index < -0.39 is 22.5 Å². The van der Waals surface area contributed by atoms with E-state index in [1.165, 1.54) is 0 Å². The second kappa shape index (κ2) is 13.3. The summed E-state index contributed by atoms with van der Waals surface area (Å²) in [5.74, 6) is 0.609. The highest BCUT2D eigenvalue weighted by atomic mass is 32.2. The average Bonchev–Trinajstić information content (AvgIpc) is 3.42. The molecule has 0 aromatic heterocycles. The molecule has 3 aromatic carbocycles. The molecule has 0 bridgehead atoms. The monoisotopic (exact) mass is 560 g/mol. The van der Waals surface area contributed by atoms with E-state index in [2.05, 4.69) is 78.1 Å². The first kappa shape index (κ1) is 29.5. The zero-order valence-electron chi connectivity index (χ0n) is 23.6. The largest absolute Gasteiger partial charge is 0.465 e. The number of amides is 2. The van der Waals surface area contributed by atoms with Crippen molar-refractivity contribution in [2.24, 2.45) is 0 Å². The van der Waals surface area contributed by atoms with Crippen LogP contribution in [0, 0.1) is 0 Å². The zero-order valence-corrected chi connectivity index (χ0v) is 24.4. The first-order valence-corrected chi connectivity index (χ1v) is 15.0. The molecule has 1 saturated heterocycles. The van der Waals surface area contributed by atoms with E-state index in [1.807, 2.05) is 39.0 Å². The van der Waals surface area contributed by atoms with Crippen LogP contribution in [0.5, 0.6) is 0 Å². The predicted molar refractivity (Wildman–Crippen MR) is 162 cm³/mol. The summed E-state index contributed by atoms with van der Waals surface area (Å²) < 4.78 is 5.11. The van der Waals surface area contributed by atoms with Crippen LogP contribution in [0.4, 0.5) is 9.59 Å². The summed E-state index contributed by atoms with van der Waals surface area (Å²) in [4.78, 5) is 26.2. The van der Waals surface area contributed by atoms with Crippen LogP contribution in [0.1, 0.15) is 63.1 Å². The van der Waals surface area contributed by atoms with Gasteiger partial charge in [0.1, 0.15) is 5.60 Å². The van der Waals surface area contributed by atoms with Gasteiger partial charge in [-0.1, -0.05) is 91.0 Å².